The molecule has 2 aromatic rings. The molecule has 1 aliphatic carbocycles. The fraction of sp³-hybridized carbons (Fsp3) is 0.500. The molecule has 1 saturated carbocycles. The maximum atomic E-state index is 14.3. The van der Waals surface area contributed by atoms with E-state index in [1.807, 2.05) is 0 Å². The van der Waals surface area contributed by atoms with Gasteiger partial charge in [-0.25, -0.2) is 0 Å². The van der Waals surface area contributed by atoms with E-state index in [1.54, 1.807) is 38.1 Å². The minimum absolute atomic E-state index is 0.0405. The number of carbonyl (C=O) groups is 12. The standard InChI is InChI=1S/C48H67N13O13/c1-3-25(2)61-24-42(68)56-33(12-14-37(50)63)46(72)60-35(21-38(51)64)47(73)58-32(13-15-40(66)54-23-41(67)57-36(48(61)74)19-27-6-10-30(62)11-7-27)44(70)53-17-16-28-20-31(28)43(69)59-34(45(71)55-22-39(52)65)18-26-4-8-29(49)9-5-26/h4-11,25,28,31-36,62H,3,12-24,49H2,1-2H3,(H2,50,63)(H2,51,64)(H2,52,65)(H,53,70)(H,54,66)(H,55,71)(H,56,68)(H,57,67)(H,58,73)(H,59,69)(H,60,72). The van der Waals surface area contributed by atoms with Gasteiger partial charge in [0.25, 0.3) is 0 Å². The highest BCUT2D eigenvalue weighted by atomic mass is 16.3. The molecule has 1 heterocycles. The first kappa shape index (κ1) is 58.3. The van der Waals surface area contributed by atoms with Crippen molar-refractivity contribution in [2.75, 3.05) is 31.9 Å². The molecule has 0 bridgehead atoms. The number of hydrogen-bond acceptors (Lipinski definition) is 14. The minimum Gasteiger partial charge on any atom is -0.508 e. The maximum absolute atomic E-state index is 14.3. The van der Waals surface area contributed by atoms with E-state index in [2.05, 4.69) is 42.5 Å². The van der Waals surface area contributed by atoms with Gasteiger partial charge in [-0.1, -0.05) is 31.2 Å². The molecule has 74 heavy (non-hydrogen) atoms. The molecule has 2 aromatic carbocycles. The summed E-state index contributed by atoms with van der Waals surface area (Å²) in [4.78, 5) is 159. The van der Waals surface area contributed by atoms with Crippen LogP contribution < -0.4 is 65.5 Å². The average Bonchev–Trinajstić information content (AvgIpc) is 4.13. The number of nitrogens with two attached hydrogens (primary N) is 4. The molecule has 2 aliphatic rings. The number of hydrogen-bond donors (Lipinski definition) is 13. The lowest BCUT2D eigenvalue weighted by Gasteiger charge is -2.32. The number of nitrogens with zero attached hydrogens (tertiary/aromatic N) is 1. The Kier molecular flexibility index (Phi) is 22.1. The molecule has 0 aromatic heterocycles. The lowest BCUT2D eigenvalue weighted by atomic mass is 10.0. The molecule has 8 unspecified atom stereocenters. The molecule has 8 atom stereocenters. The summed E-state index contributed by atoms with van der Waals surface area (Å²) in [6.07, 6.45) is -1.57. The normalized spacial score (nSPS) is 21.9. The summed E-state index contributed by atoms with van der Waals surface area (Å²) in [7, 11) is 0. The summed E-state index contributed by atoms with van der Waals surface area (Å²) in [6.45, 7) is 1.60. The van der Waals surface area contributed by atoms with Crippen LogP contribution in [0.2, 0.25) is 0 Å². The molecule has 12 amide bonds. The van der Waals surface area contributed by atoms with E-state index in [0.29, 0.717) is 29.7 Å². The van der Waals surface area contributed by atoms with Crippen LogP contribution in [0, 0.1) is 11.8 Å². The number of anilines is 1. The second-order valence-corrected chi connectivity index (χ2v) is 18.3. The highest BCUT2D eigenvalue weighted by Crippen LogP contribution is 2.41. The Morgan fingerprint density at radius 1 is 0.743 bits per heavy atom. The predicted molar refractivity (Wildman–Crippen MR) is 263 cm³/mol. The summed E-state index contributed by atoms with van der Waals surface area (Å²) in [5.74, 6) is -10.8. The summed E-state index contributed by atoms with van der Waals surface area (Å²) in [6, 6.07) is 4.57. The van der Waals surface area contributed by atoms with Crippen molar-refractivity contribution in [3.05, 3.63) is 59.7 Å². The number of nitrogens with one attached hydrogen (secondary N) is 8. The van der Waals surface area contributed by atoms with Gasteiger partial charge in [0.2, 0.25) is 70.9 Å². The SMILES string of the molecule is CCC(C)N1CC(=O)NC(CCC(N)=O)C(=O)NC(CC(N)=O)C(=O)NC(C(=O)NCCC2CC2C(=O)NC(Cc2ccc(N)cc2)C(=O)NCC(N)=O)CCC(=O)NCC(=O)NC(Cc2ccc(O)cc2)C1=O. The maximum Gasteiger partial charge on any atom is 0.246 e. The van der Waals surface area contributed by atoms with E-state index in [4.69, 9.17) is 22.9 Å². The van der Waals surface area contributed by atoms with Gasteiger partial charge in [0.15, 0.2) is 0 Å². The van der Waals surface area contributed by atoms with Crippen LogP contribution in [-0.2, 0) is 70.4 Å². The van der Waals surface area contributed by atoms with Crippen molar-refractivity contribution in [1.29, 1.82) is 0 Å². The first-order valence-electron chi connectivity index (χ1n) is 24.1. The average molecular weight is 1030 g/mol. The Morgan fingerprint density at radius 3 is 2.03 bits per heavy atom. The molecular weight excluding hydrogens is 967 g/mol. The summed E-state index contributed by atoms with van der Waals surface area (Å²) >= 11 is 0. The lowest BCUT2D eigenvalue weighted by Crippen LogP contribution is -2.59. The van der Waals surface area contributed by atoms with Crippen LogP contribution in [0.25, 0.3) is 0 Å². The van der Waals surface area contributed by atoms with Crippen molar-refractivity contribution < 1.29 is 62.6 Å². The number of amides is 12. The second-order valence-electron chi connectivity index (χ2n) is 18.3. The molecule has 1 saturated heterocycles. The number of rotatable bonds is 20. The van der Waals surface area contributed by atoms with E-state index < -0.39 is 165 Å². The Morgan fingerprint density at radius 2 is 1.39 bits per heavy atom. The van der Waals surface area contributed by atoms with Crippen molar-refractivity contribution in [2.24, 2.45) is 29.0 Å². The molecule has 17 N–H and O–H groups in total. The van der Waals surface area contributed by atoms with Crippen LogP contribution in [0.3, 0.4) is 0 Å². The zero-order valence-corrected chi connectivity index (χ0v) is 41.2. The van der Waals surface area contributed by atoms with Crippen molar-refractivity contribution in [1.82, 2.24) is 47.4 Å². The summed E-state index contributed by atoms with van der Waals surface area (Å²) < 4.78 is 0. The quantitative estimate of drug-likeness (QED) is 0.0558. The molecule has 2 fully saturated rings. The predicted octanol–water partition coefficient (Wildman–Crippen LogP) is -4.39. The lowest BCUT2D eigenvalue weighted by molar-refractivity contribution is -0.142. The van der Waals surface area contributed by atoms with E-state index in [-0.39, 0.29) is 37.5 Å². The van der Waals surface area contributed by atoms with Crippen LogP contribution in [0.15, 0.2) is 48.5 Å². The molecule has 0 spiro atoms. The number of phenolic OH excluding ortho intramolecular Hbond substituents is 1. The van der Waals surface area contributed by atoms with Gasteiger partial charge < -0.3 is 75.5 Å². The Balaban J connectivity index is 1.54. The number of nitrogen functional groups attached to an aromatic ring is 1. The van der Waals surface area contributed by atoms with Crippen molar-refractivity contribution in [3.8, 4) is 5.75 Å². The molecule has 402 valence electrons. The fourth-order valence-corrected chi connectivity index (χ4v) is 7.97. The zero-order valence-electron chi connectivity index (χ0n) is 41.2. The first-order chi connectivity index (χ1) is 35.0. The first-order valence-corrected chi connectivity index (χ1v) is 24.1. The van der Waals surface area contributed by atoms with Crippen LogP contribution in [0.1, 0.15) is 76.3 Å². The van der Waals surface area contributed by atoms with Crippen LogP contribution in [-0.4, -0.2) is 143 Å². The third-order valence-corrected chi connectivity index (χ3v) is 12.4. The topological polar surface area (TPSA) is 429 Å². The van der Waals surface area contributed by atoms with Gasteiger partial charge in [0.05, 0.1) is 26.1 Å². The van der Waals surface area contributed by atoms with Crippen LogP contribution >= 0.6 is 0 Å². The Bertz CT molecular complexity index is 2400. The third-order valence-electron chi connectivity index (χ3n) is 12.4. The molecule has 1 aliphatic heterocycles. The number of carbonyl (C=O) groups excluding carboxylic acids is 12. The highest BCUT2D eigenvalue weighted by molar-refractivity contribution is 5.98. The van der Waals surface area contributed by atoms with Crippen LogP contribution in [0.5, 0.6) is 5.75 Å². The van der Waals surface area contributed by atoms with Crippen LogP contribution in [0.4, 0.5) is 5.69 Å². The van der Waals surface area contributed by atoms with Gasteiger partial charge in [-0.15, -0.1) is 0 Å². The fourth-order valence-electron chi connectivity index (χ4n) is 7.97. The number of phenols is 1. The number of aromatic hydroxyl groups is 1. The van der Waals surface area contributed by atoms with Gasteiger partial charge in [-0.3, -0.25) is 57.5 Å². The largest absolute Gasteiger partial charge is 0.508 e. The minimum atomic E-state index is -1.77. The molecule has 26 heteroatoms. The Hall–Kier alpha value is -8.32. The highest BCUT2D eigenvalue weighted by Gasteiger charge is 2.44. The molecule has 26 nitrogen and oxygen atoms in total. The van der Waals surface area contributed by atoms with E-state index in [9.17, 15) is 62.6 Å². The number of primary amides is 3. The van der Waals surface area contributed by atoms with E-state index in [1.165, 1.54) is 29.2 Å². The van der Waals surface area contributed by atoms with Gasteiger partial charge in [-0.05, 0) is 80.3 Å². The van der Waals surface area contributed by atoms with Gasteiger partial charge in [0.1, 0.15) is 36.0 Å². The van der Waals surface area contributed by atoms with Gasteiger partial charge in [-0.2, -0.15) is 0 Å². The zero-order chi connectivity index (χ0) is 54.6. The molecule has 0 radical (unpaired) electrons. The number of benzene rings is 2. The van der Waals surface area contributed by atoms with Gasteiger partial charge >= 0.3 is 0 Å². The van der Waals surface area contributed by atoms with Crippen molar-refractivity contribution in [3.63, 3.8) is 0 Å². The summed E-state index contributed by atoms with van der Waals surface area (Å²) in [5.41, 5.74) is 23.5. The van der Waals surface area contributed by atoms with Gasteiger partial charge in [0, 0.05) is 49.9 Å². The van der Waals surface area contributed by atoms with E-state index in [0.717, 1.165) is 0 Å². The Labute approximate surface area is 426 Å². The molecule has 4 rings (SSSR count). The van der Waals surface area contributed by atoms with Crippen molar-refractivity contribution >= 4 is 76.6 Å². The van der Waals surface area contributed by atoms with Crippen molar-refractivity contribution in [2.45, 2.75) is 114 Å². The second kappa shape index (κ2) is 28.1. The smallest absolute Gasteiger partial charge is 0.246 e. The monoisotopic (exact) mass is 1030 g/mol. The molecular formula is C48H67N13O13. The van der Waals surface area contributed by atoms with E-state index >= 15 is 0 Å². The summed E-state index contributed by atoms with van der Waals surface area (Å²) in [5, 5.41) is 29.9. The third kappa shape index (κ3) is 19.4.